The Labute approximate surface area is 280 Å². The molecule has 0 radical (unpaired) electrons. The molecular weight excluding hydrogens is 598 g/mol. The van der Waals surface area contributed by atoms with Crippen molar-refractivity contribution in [3.63, 3.8) is 0 Å². The number of allylic oxidation sites excluding steroid dienone is 1. The average Bonchev–Trinajstić information content (AvgIpc) is 3.69. The molecule has 1 aliphatic carbocycles. The number of carbonyl (C=O) groups is 1. The van der Waals surface area contributed by atoms with Crippen LogP contribution in [0, 0.1) is 0 Å². The highest BCUT2D eigenvalue weighted by atomic mass is 16.6. The summed E-state index contributed by atoms with van der Waals surface area (Å²) in [7, 11) is 1.67. The third kappa shape index (κ3) is 6.45. The second-order valence-corrected chi connectivity index (χ2v) is 12.8. The quantitative estimate of drug-likeness (QED) is 0.173. The van der Waals surface area contributed by atoms with E-state index in [1.807, 2.05) is 81.4 Å². The van der Waals surface area contributed by atoms with E-state index in [1.54, 1.807) is 7.11 Å². The van der Waals surface area contributed by atoms with Gasteiger partial charge in [0.05, 0.1) is 18.5 Å². The largest absolute Gasteiger partial charge is 0.497 e. The van der Waals surface area contributed by atoms with E-state index in [0.29, 0.717) is 11.6 Å². The van der Waals surface area contributed by atoms with Gasteiger partial charge in [0.25, 0.3) is 0 Å². The number of fused-ring (bicyclic) bond motifs is 3. The lowest BCUT2D eigenvalue weighted by Crippen LogP contribution is -2.27. The zero-order chi connectivity index (χ0) is 33.3. The van der Waals surface area contributed by atoms with E-state index < -0.39 is 11.6 Å². The maximum Gasteiger partial charge on any atom is 0.344 e. The smallest absolute Gasteiger partial charge is 0.344 e. The third-order valence-corrected chi connectivity index (χ3v) is 8.35. The van der Waals surface area contributed by atoms with Crippen molar-refractivity contribution in [1.29, 1.82) is 0 Å². The summed E-state index contributed by atoms with van der Waals surface area (Å²) < 4.78 is 16.6. The Morgan fingerprint density at radius 2 is 1.52 bits per heavy atom. The van der Waals surface area contributed by atoms with Gasteiger partial charge in [-0.3, -0.25) is 0 Å². The van der Waals surface area contributed by atoms with E-state index in [4.69, 9.17) is 24.2 Å². The van der Waals surface area contributed by atoms with Crippen LogP contribution < -0.4 is 9.47 Å². The van der Waals surface area contributed by atoms with E-state index in [9.17, 15) is 4.79 Å². The molecular formula is C41H37N3O4. The maximum absolute atomic E-state index is 12.3. The number of carbonyl (C=O) groups excluding carboxylic acids is 1. The van der Waals surface area contributed by atoms with E-state index in [2.05, 4.69) is 53.5 Å². The highest BCUT2D eigenvalue weighted by molar-refractivity contribution is 6.38. The molecule has 7 nitrogen and oxygen atoms in total. The number of aliphatic imine (C=N–C) groups is 2. The molecule has 0 saturated heterocycles. The van der Waals surface area contributed by atoms with Crippen molar-refractivity contribution in [3.05, 3.63) is 131 Å². The number of aryl methyl sites for hydroxylation is 1. The molecule has 240 valence electrons. The van der Waals surface area contributed by atoms with Crippen LogP contribution in [0.2, 0.25) is 0 Å². The van der Waals surface area contributed by atoms with Gasteiger partial charge in [-0.1, -0.05) is 60.7 Å². The minimum Gasteiger partial charge on any atom is -0.497 e. The summed E-state index contributed by atoms with van der Waals surface area (Å²) in [5, 5.41) is 0. The van der Waals surface area contributed by atoms with Crippen molar-refractivity contribution in [2.24, 2.45) is 9.98 Å². The van der Waals surface area contributed by atoms with Crippen molar-refractivity contribution >= 4 is 28.9 Å². The molecule has 0 unspecified atom stereocenters. The van der Waals surface area contributed by atoms with Crippen molar-refractivity contribution in [2.45, 2.75) is 39.2 Å². The number of amidine groups is 1. The van der Waals surface area contributed by atoms with Crippen LogP contribution in [0.4, 0.5) is 5.82 Å². The second-order valence-electron chi connectivity index (χ2n) is 12.8. The first-order chi connectivity index (χ1) is 23.3. The first kappa shape index (κ1) is 30.9. The number of nitrogens with zero attached hydrogens (tertiary/aromatic N) is 2. The normalized spacial score (nSPS) is 14.5. The summed E-state index contributed by atoms with van der Waals surface area (Å²) in [6, 6.07) is 34.6. The number of benzene rings is 4. The topological polar surface area (TPSA) is 85.3 Å². The lowest BCUT2D eigenvalue weighted by molar-refractivity contribution is -0.157. The summed E-state index contributed by atoms with van der Waals surface area (Å²) in [5.41, 5.74) is 9.95. The standard InChI is InChI=1S/C41H37N3O4/c1-41(2,3)48-36(45)25-47-31-20-22-32-29(23-31)17-21-33-37(28-13-9-6-10-14-28)40(43-38(32)33)44-39-34(26-11-7-5-8-12-26)24-35(42-39)27-15-18-30(46-4)19-16-27/h5-16,18-20,22-24,43H,17,21,25H2,1-4H3/b44-39-. The highest BCUT2D eigenvalue weighted by Crippen LogP contribution is 2.45. The van der Waals surface area contributed by atoms with Gasteiger partial charge in [-0.05, 0) is 104 Å². The van der Waals surface area contributed by atoms with Crippen LogP contribution in [0.25, 0.3) is 28.0 Å². The number of ether oxygens (including phenoxy) is 3. The minimum atomic E-state index is -0.559. The van der Waals surface area contributed by atoms with Crippen LogP contribution >= 0.6 is 0 Å². The molecule has 0 spiro atoms. The Balaban J connectivity index is 1.29. The van der Waals surface area contributed by atoms with Gasteiger partial charge in [-0.25, -0.2) is 14.8 Å². The predicted molar refractivity (Wildman–Crippen MR) is 191 cm³/mol. The fraction of sp³-hybridized carbons (Fsp3) is 0.195. The van der Waals surface area contributed by atoms with Gasteiger partial charge in [0.15, 0.2) is 12.4 Å². The Morgan fingerprint density at radius 1 is 0.833 bits per heavy atom. The number of aromatic amines is 1. The zero-order valence-electron chi connectivity index (χ0n) is 27.5. The average molecular weight is 636 g/mol. The molecule has 1 aromatic heterocycles. The summed E-state index contributed by atoms with van der Waals surface area (Å²) in [5.74, 6) is 2.46. The molecule has 2 aliphatic rings. The molecule has 0 fully saturated rings. The second kappa shape index (κ2) is 12.8. The molecule has 0 saturated carbocycles. The first-order valence-electron chi connectivity index (χ1n) is 16.1. The number of esters is 1. The minimum absolute atomic E-state index is 0.139. The van der Waals surface area contributed by atoms with Gasteiger partial charge >= 0.3 is 5.97 Å². The molecule has 7 heteroatoms. The lowest BCUT2D eigenvalue weighted by atomic mass is 9.87. The molecule has 4 aromatic carbocycles. The maximum atomic E-state index is 12.3. The molecule has 0 bridgehead atoms. The van der Waals surface area contributed by atoms with Crippen LogP contribution in [0.15, 0.2) is 119 Å². The van der Waals surface area contributed by atoms with Gasteiger partial charge in [0.2, 0.25) is 0 Å². The number of aromatic nitrogens is 1. The fourth-order valence-electron chi connectivity index (χ4n) is 6.23. The van der Waals surface area contributed by atoms with Crippen molar-refractivity contribution in [1.82, 2.24) is 4.98 Å². The Kier molecular flexibility index (Phi) is 8.27. The van der Waals surface area contributed by atoms with Crippen LogP contribution in [-0.2, 0) is 22.4 Å². The molecule has 0 amide bonds. The molecule has 2 heterocycles. The molecule has 48 heavy (non-hydrogen) atoms. The van der Waals surface area contributed by atoms with E-state index in [0.717, 1.165) is 74.8 Å². The van der Waals surface area contributed by atoms with Crippen LogP contribution in [0.1, 0.15) is 43.0 Å². The van der Waals surface area contributed by atoms with Gasteiger partial charge in [0.1, 0.15) is 22.9 Å². The zero-order valence-corrected chi connectivity index (χ0v) is 27.5. The van der Waals surface area contributed by atoms with Crippen LogP contribution in [0.3, 0.4) is 0 Å². The van der Waals surface area contributed by atoms with E-state index >= 15 is 0 Å². The SMILES string of the molecule is COc1ccc(C2=N/C(=N\c3[nH]c4c(c3-c3ccccc3)CCc3cc(OCC(=O)OC(C)(C)C)ccc3-4)C(c3ccccc3)=C2)cc1. The van der Waals surface area contributed by atoms with Crippen LogP contribution in [-0.4, -0.2) is 41.8 Å². The van der Waals surface area contributed by atoms with E-state index in [-0.39, 0.29) is 6.61 Å². The molecule has 7 rings (SSSR count). The summed E-state index contributed by atoms with van der Waals surface area (Å²) >= 11 is 0. The summed E-state index contributed by atoms with van der Waals surface area (Å²) in [6.45, 7) is 5.40. The number of rotatable bonds is 8. The molecule has 0 atom stereocenters. The monoisotopic (exact) mass is 635 g/mol. The van der Waals surface area contributed by atoms with Crippen molar-refractivity contribution < 1.29 is 19.0 Å². The number of H-pyrrole nitrogens is 1. The van der Waals surface area contributed by atoms with Gasteiger partial charge in [-0.15, -0.1) is 0 Å². The highest BCUT2D eigenvalue weighted by Gasteiger charge is 2.27. The van der Waals surface area contributed by atoms with E-state index in [1.165, 1.54) is 5.56 Å². The van der Waals surface area contributed by atoms with Crippen molar-refractivity contribution in [2.75, 3.05) is 13.7 Å². The number of hydrogen-bond acceptors (Lipinski definition) is 5. The fourth-order valence-corrected chi connectivity index (χ4v) is 6.23. The summed E-state index contributed by atoms with van der Waals surface area (Å²) in [6.07, 6.45) is 3.76. The van der Waals surface area contributed by atoms with Crippen LogP contribution in [0.5, 0.6) is 11.5 Å². The number of hydrogen-bond donors (Lipinski definition) is 1. The van der Waals surface area contributed by atoms with Gasteiger partial charge < -0.3 is 19.2 Å². The number of nitrogens with one attached hydrogen (secondary N) is 1. The summed E-state index contributed by atoms with van der Waals surface area (Å²) in [4.78, 5) is 26.3. The van der Waals surface area contributed by atoms with Gasteiger partial charge in [0, 0.05) is 22.3 Å². The molecule has 1 N–H and O–H groups in total. The third-order valence-electron chi connectivity index (χ3n) is 8.35. The first-order valence-corrected chi connectivity index (χ1v) is 16.1. The Morgan fingerprint density at radius 3 is 2.21 bits per heavy atom. The molecule has 1 aliphatic heterocycles. The Bertz CT molecular complexity index is 2070. The predicted octanol–water partition coefficient (Wildman–Crippen LogP) is 8.79. The Hall–Kier alpha value is -5.69. The lowest BCUT2D eigenvalue weighted by Gasteiger charge is -2.20. The number of methoxy groups -OCH3 is 1. The van der Waals surface area contributed by atoms with Gasteiger partial charge in [-0.2, -0.15) is 0 Å². The molecule has 5 aromatic rings. The van der Waals surface area contributed by atoms with Crippen molar-refractivity contribution in [3.8, 4) is 33.9 Å².